The van der Waals surface area contributed by atoms with Crippen LogP contribution in [0.25, 0.3) is 0 Å². The molecule has 52 valence electrons. The Hall–Kier alpha value is -0.180. The van der Waals surface area contributed by atoms with Crippen molar-refractivity contribution in [2.45, 2.75) is 18.6 Å². The smallest absolute Gasteiger partial charge is 0.306 e. The van der Waals surface area contributed by atoms with Gasteiger partial charge in [-0.2, -0.15) is 12.6 Å². The van der Waals surface area contributed by atoms with Crippen LogP contribution in [-0.2, 0) is 9.53 Å². The van der Waals surface area contributed by atoms with Crippen LogP contribution in [0.5, 0.6) is 0 Å². The van der Waals surface area contributed by atoms with Crippen molar-refractivity contribution in [2.75, 3.05) is 6.61 Å². The molecular weight excluding hydrogens is 136 g/mol. The Morgan fingerprint density at radius 1 is 1.78 bits per heavy atom. The van der Waals surface area contributed by atoms with E-state index >= 15 is 0 Å². The number of hydrogen-bond donors (Lipinski definition) is 1. The number of ether oxygens (including phenoxy) is 1. The van der Waals surface area contributed by atoms with Gasteiger partial charge in [0, 0.05) is 11.7 Å². The molecule has 1 rings (SSSR count). The molecule has 0 N–H and O–H groups in total. The molecule has 1 heterocycles. The van der Waals surface area contributed by atoms with E-state index in [1.54, 1.807) is 0 Å². The van der Waals surface area contributed by atoms with Crippen LogP contribution in [0.1, 0.15) is 13.3 Å². The summed E-state index contributed by atoms with van der Waals surface area (Å²) in [4.78, 5) is 10.6. The van der Waals surface area contributed by atoms with Crippen LogP contribution in [0.15, 0.2) is 0 Å². The zero-order valence-electron chi connectivity index (χ0n) is 5.33. The Labute approximate surface area is 60.0 Å². The van der Waals surface area contributed by atoms with Crippen molar-refractivity contribution in [1.29, 1.82) is 0 Å². The maximum absolute atomic E-state index is 10.6. The van der Waals surface area contributed by atoms with E-state index in [1.165, 1.54) is 0 Å². The highest BCUT2D eigenvalue weighted by molar-refractivity contribution is 7.81. The monoisotopic (exact) mass is 146 g/mol. The molecule has 9 heavy (non-hydrogen) atoms. The van der Waals surface area contributed by atoms with Gasteiger partial charge in [0.25, 0.3) is 0 Å². The van der Waals surface area contributed by atoms with Gasteiger partial charge in [-0.3, -0.25) is 4.79 Å². The number of cyclic esters (lactones) is 1. The molecule has 1 fully saturated rings. The van der Waals surface area contributed by atoms with Gasteiger partial charge in [0.2, 0.25) is 0 Å². The first-order chi connectivity index (χ1) is 4.20. The molecule has 2 atom stereocenters. The predicted octanol–water partition coefficient (Wildman–Crippen LogP) is 0.868. The fourth-order valence-corrected chi connectivity index (χ4v) is 0.980. The standard InChI is InChI=1S/C6H10O2S/c1-4-2-6(7)8-3-5(4)9/h4-5,9H,2-3H2,1H3. The fraction of sp³-hybridized carbons (Fsp3) is 0.833. The summed E-state index contributed by atoms with van der Waals surface area (Å²) in [5, 5.41) is 0.239. The number of carbonyl (C=O) groups is 1. The van der Waals surface area contributed by atoms with E-state index in [0.717, 1.165) is 0 Å². The highest BCUT2D eigenvalue weighted by Crippen LogP contribution is 2.19. The van der Waals surface area contributed by atoms with Gasteiger partial charge in [0.1, 0.15) is 6.61 Å². The lowest BCUT2D eigenvalue weighted by molar-refractivity contribution is -0.148. The SMILES string of the molecule is CC1CC(=O)OCC1S. The molecule has 0 aromatic heterocycles. The van der Waals surface area contributed by atoms with Crippen LogP contribution in [0, 0.1) is 5.92 Å². The number of rotatable bonds is 0. The van der Waals surface area contributed by atoms with E-state index in [2.05, 4.69) is 12.6 Å². The van der Waals surface area contributed by atoms with E-state index in [4.69, 9.17) is 4.74 Å². The molecule has 0 amide bonds. The van der Waals surface area contributed by atoms with Gasteiger partial charge in [-0.15, -0.1) is 0 Å². The Morgan fingerprint density at radius 3 is 2.89 bits per heavy atom. The predicted molar refractivity (Wildman–Crippen MR) is 37.5 cm³/mol. The van der Waals surface area contributed by atoms with Gasteiger partial charge in [-0.05, 0) is 5.92 Å². The Morgan fingerprint density at radius 2 is 2.44 bits per heavy atom. The maximum atomic E-state index is 10.6. The molecular formula is C6H10O2S. The Bertz CT molecular complexity index is 124. The second-order valence-corrected chi connectivity index (χ2v) is 3.10. The normalized spacial score (nSPS) is 36.0. The van der Waals surface area contributed by atoms with Crippen molar-refractivity contribution < 1.29 is 9.53 Å². The van der Waals surface area contributed by atoms with Crippen molar-refractivity contribution in [3.8, 4) is 0 Å². The van der Waals surface area contributed by atoms with Crippen LogP contribution in [0.3, 0.4) is 0 Å². The van der Waals surface area contributed by atoms with Crippen LogP contribution in [-0.4, -0.2) is 17.8 Å². The maximum Gasteiger partial charge on any atom is 0.306 e. The quantitative estimate of drug-likeness (QED) is 0.405. The molecule has 3 heteroatoms. The molecule has 1 aliphatic rings. The van der Waals surface area contributed by atoms with Gasteiger partial charge < -0.3 is 4.74 Å². The van der Waals surface area contributed by atoms with Gasteiger partial charge in [0.15, 0.2) is 0 Å². The number of esters is 1. The Balaban J connectivity index is 2.44. The van der Waals surface area contributed by atoms with Crippen molar-refractivity contribution in [3.63, 3.8) is 0 Å². The molecule has 1 saturated heterocycles. The van der Waals surface area contributed by atoms with E-state index in [1.807, 2.05) is 6.92 Å². The van der Waals surface area contributed by atoms with Crippen molar-refractivity contribution in [2.24, 2.45) is 5.92 Å². The average Bonchev–Trinajstić information content (AvgIpc) is 1.80. The van der Waals surface area contributed by atoms with Crippen molar-refractivity contribution in [3.05, 3.63) is 0 Å². The molecule has 0 aromatic rings. The molecule has 0 spiro atoms. The summed E-state index contributed by atoms with van der Waals surface area (Å²) < 4.78 is 4.75. The van der Waals surface area contributed by atoms with Crippen molar-refractivity contribution >= 4 is 18.6 Å². The number of thiol groups is 1. The fourth-order valence-electron chi connectivity index (χ4n) is 0.800. The summed E-state index contributed by atoms with van der Waals surface area (Å²) in [6.07, 6.45) is 0.522. The van der Waals surface area contributed by atoms with Gasteiger partial charge in [0.05, 0.1) is 0 Å². The summed E-state index contributed by atoms with van der Waals surface area (Å²) in [5.41, 5.74) is 0. The van der Waals surface area contributed by atoms with E-state index in [0.29, 0.717) is 18.9 Å². The minimum atomic E-state index is -0.0900. The first-order valence-corrected chi connectivity index (χ1v) is 3.55. The molecule has 0 aromatic carbocycles. The van der Waals surface area contributed by atoms with Crippen molar-refractivity contribution in [1.82, 2.24) is 0 Å². The third kappa shape index (κ3) is 1.61. The average molecular weight is 146 g/mol. The summed E-state index contributed by atoms with van der Waals surface area (Å²) in [5.74, 6) is 0.280. The highest BCUT2D eigenvalue weighted by Gasteiger charge is 2.23. The molecule has 0 aliphatic carbocycles. The number of hydrogen-bond acceptors (Lipinski definition) is 3. The zero-order chi connectivity index (χ0) is 6.85. The summed E-state index contributed by atoms with van der Waals surface area (Å²) in [6, 6.07) is 0. The summed E-state index contributed by atoms with van der Waals surface area (Å²) in [7, 11) is 0. The first-order valence-electron chi connectivity index (χ1n) is 3.04. The van der Waals surface area contributed by atoms with E-state index < -0.39 is 0 Å². The van der Waals surface area contributed by atoms with Crippen LogP contribution < -0.4 is 0 Å². The third-order valence-corrected chi connectivity index (χ3v) is 2.22. The van der Waals surface area contributed by atoms with Gasteiger partial charge in [-0.25, -0.2) is 0 Å². The van der Waals surface area contributed by atoms with Crippen LogP contribution >= 0.6 is 12.6 Å². The second-order valence-electron chi connectivity index (χ2n) is 2.43. The number of carbonyl (C=O) groups excluding carboxylic acids is 1. The van der Waals surface area contributed by atoms with Crippen LogP contribution in [0.2, 0.25) is 0 Å². The third-order valence-electron chi connectivity index (χ3n) is 1.56. The van der Waals surface area contributed by atoms with E-state index in [-0.39, 0.29) is 11.2 Å². The summed E-state index contributed by atoms with van der Waals surface area (Å²) in [6.45, 7) is 2.49. The Kier molecular flexibility index (Phi) is 2.01. The molecule has 0 radical (unpaired) electrons. The first kappa shape index (κ1) is 6.93. The molecule has 1 aliphatic heterocycles. The topological polar surface area (TPSA) is 26.3 Å². The summed E-state index contributed by atoms with van der Waals surface area (Å²) >= 11 is 4.22. The molecule has 0 bridgehead atoms. The van der Waals surface area contributed by atoms with Gasteiger partial charge >= 0.3 is 5.97 Å². The highest BCUT2D eigenvalue weighted by atomic mass is 32.1. The molecule has 2 nitrogen and oxygen atoms in total. The molecule has 2 unspecified atom stereocenters. The van der Waals surface area contributed by atoms with Crippen LogP contribution in [0.4, 0.5) is 0 Å². The van der Waals surface area contributed by atoms with Gasteiger partial charge in [-0.1, -0.05) is 6.92 Å². The largest absolute Gasteiger partial charge is 0.464 e. The minimum absolute atomic E-state index is 0.0900. The molecule has 0 saturated carbocycles. The lowest BCUT2D eigenvalue weighted by Gasteiger charge is -2.23. The zero-order valence-corrected chi connectivity index (χ0v) is 6.23. The van der Waals surface area contributed by atoms with E-state index in [9.17, 15) is 4.79 Å². The lowest BCUT2D eigenvalue weighted by atomic mass is 10.0. The minimum Gasteiger partial charge on any atom is -0.464 e. The second kappa shape index (κ2) is 2.60. The lowest BCUT2D eigenvalue weighted by Crippen LogP contribution is -2.29.